The number of benzene rings is 2. The van der Waals surface area contributed by atoms with Gasteiger partial charge in [-0.2, -0.15) is 0 Å². The van der Waals surface area contributed by atoms with Crippen LogP contribution in [0.5, 0.6) is 11.5 Å². The van der Waals surface area contributed by atoms with Crippen LogP contribution in [0.4, 0.5) is 0 Å². The van der Waals surface area contributed by atoms with E-state index in [9.17, 15) is 30.0 Å². The van der Waals surface area contributed by atoms with Gasteiger partial charge in [-0.1, -0.05) is 107 Å². The lowest BCUT2D eigenvalue weighted by Gasteiger charge is -2.34. The van der Waals surface area contributed by atoms with Crippen LogP contribution in [0.25, 0.3) is 0 Å². The standard InChI is InChI=1S/C37H58N2O6/c1-23(39(22-31(42)43)20-25-16-28(36(8,9)10)33(45)29(17-25)37(11,12)13)18-38(21-30(40)41)19-24-14-26(34(2,3)4)32(44)27(15-24)35(5,6)7/h14-17,23,44-45H,18-22H2,1-13H3,(H,40,41)(H,42,43). The molecule has 2 aromatic carbocycles. The second-order valence-electron chi connectivity index (χ2n) is 16.8. The molecule has 0 heterocycles. The van der Waals surface area contributed by atoms with Crippen LogP contribution < -0.4 is 0 Å². The van der Waals surface area contributed by atoms with Crippen LogP contribution in [0.3, 0.4) is 0 Å². The van der Waals surface area contributed by atoms with Crippen LogP contribution in [0.1, 0.15) is 123 Å². The molecule has 4 N–H and O–H groups in total. The molecule has 0 amide bonds. The molecule has 0 aliphatic heterocycles. The molecule has 0 aliphatic carbocycles. The fourth-order valence-electron chi connectivity index (χ4n) is 5.76. The maximum atomic E-state index is 12.0. The predicted octanol–water partition coefficient (Wildman–Crippen LogP) is 7.15. The van der Waals surface area contributed by atoms with Gasteiger partial charge < -0.3 is 20.4 Å². The minimum Gasteiger partial charge on any atom is -0.507 e. The highest BCUT2D eigenvalue weighted by molar-refractivity contribution is 5.69. The highest BCUT2D eigenvalue weighted by atomic mass is 16.4. The van der Waals surface area contributed by atoms with Crippen LogP contribution in [0.2, 0.25) is 0 Å². The van der Waals surface area contributed by atoms with E-state index in [0.29, 0.717) is 19.6 Å². The molecule has 8 nitrogen and oxygen atoms in total. The van der Waals surface area contributed by atoms with Crippen LogP contribution >= 0.6 is 0 Å². The number of aliphatic carboxylic acids is 2. The molecule has 0 saturated carbocycles. The lowest BCUT2D eigenvalue weighted by atomic mass is 9.78. The van der Waals surface area contributed by atoms with Crippen molar-refractivity contribution in [3.8, 4) is 11.5 Å². The molecule has 0 aliphatic rings. The van der Waals surface area contributed by atoms with Crippen LogP contribution in [-0.4, -0.2) is 67.8 Å². The van der Waals surface area contributed by atoms with Gasteiger partial charge in [-0.3, -0.25) is 19.4 Å². The van der Waals surface area contributed by atoms with Crippen molar-refractivity contribution in [2.24, 2.45) is 0 Å². The van der Waals surface area contributed by atoms with E-state index in [-0.39, 0.29) is 52.3 Å². The summed E-state index contributed by atoms with van der Waals surface area (Å²) in [6, 6.07) is 7.51. The average Bonchev–Trinajstić information content (AvgIpc) is 2.81. The third-order valence-corrected chi connectivity index (χ3v) is 8.21. The van der Waals surface area contributed by atoms with E-state index in [1.165, 1.54) is 0 Å². The second-order valence-corrected chi connectivity index (χ2v) is 16.8. The second kappa shape index (κ2) is 13.7. The number of carboxylic acids is 2. The van der Waals surface area contributed by atoms with Crippen molar-refractivity contribution < 1.29 is 30.0 Å². The number of phenolic OH excluding ortho intramolecular Hbond substituents is 2. The molecule has 8 heteroatoms. The lowest BCUT2D eigenvalue weighted by Crippen LogP contribution is -2.45. The summed E-state index contributed by atoms with van der Waals surface area (Å²) in [4.78, 5) is 27.7. The third kappa shape index (κ3) is 10.5. The van der Waals surface area contributed by atoms with Gasteiger partial charge in [0.2, 0.25) is 0 Å². The monoisotopic (exact) mass is 626 g/mol. The van der Waals surface area contributed by atoms with Crippen molar-refractivity contribution in [3.63, 3.8) is 0 Å². The Kier molecular flexibility index (Phi) is 11.6. The zero-order valence-corrected chi connectivity index (χ0v) is 29.9. The minimum atomic E-state index is -0.972. The van der Waals surface area contributed by atoms with Crippen LogP contribution in [-0.2, 0) is 44.3 Å². The van der Waals surface area contributed by atoms with E-state index in [0.717, 1.165) is 33.4 Å². The largest absolute Gasteiger partial charge is 0.507 e. The van der Waals surface area contributed by atoms with Gasteiger partial charge in [0.25, 0.3) is 0 Å². The number of carbonyl (C=O) groups is 2. The van der Waals surface area contributed by atoms with Crippen molar-refractivity contribution in [3.05, 3.63) is 57.6 Å². The van der Waals surface area contributed by atoms with Crippen molar-refractivity contribution in [2.45, 2.75) is 131 Å². The van der Waals surface area contributed by atoms with E-state index in [4.69, 9.17) is 0 Å². The first-order valence-corrected chi connectivity index (χ1v) is 15.9. The number of carboxylic acid groups (broad SMARTS) is 2. The Labute approximate surface area is 271 Å². The van der Waals surface area contributed by atoms with E-state index in [1.54, 1.807) is 0 Å². The first kappa shape index (κ1) is 38.1. The topological polar surface area (TPSA) is 122 Å². The zero-order chi connectivity index (χ0) is 34.9. The molecular weight excluding hydrogens is 568 g/mol. The Balaban J connectivity index is 2.54. The normalized spacial score (nSPS) is 13.8. The summed E-state index contributed by atoms with van der Waals surface area (Å²) in [6.45, 7) is 26.9. The summed E-state index contributed by atoms with van der Waals surface area (Å²) in [5.41, 5.74) is 3.68. The number of aromatic hydroxyl groups is 2. The van der Waals surface area contributed by atoms with E-state index in [1.807, 2.05) is 124 Å². The minimum absolute atomic E-state index is 0.219. The molecule has 0 spiro atoms. The quantitative estimate of drug-likeness (QED) is 0.208. The number of phenols is 2. The Morgan fingerprint density at radius 2 is 0.911 bits per heavy atom. The Bertz CT molecular complexity index is 1300. The highest BCUT2D eigenvalue weighted by Gasteiger charge is 2.30. The average molecular weight is 627 g/mol. The highest BCUT2D eigenvalue weighted by Crippen LogP contribution is 2.41. The lowest BCUT2D eigenvalue weighted by molar-refractivity contribution is -0.141. The van der Waals surface area contributed by atoms with Crippen LogP contribution in [0.15, 0.2) is 24.3 Å². The van der Waals surface area contributed by atoms with E-state index < -0.39 is 11.9 Å². The first-order valence-electron chi connectivity index (χ1n) is 15.9. The first-order chi connectivity index (χ1) is 20.2. The molecule has 2 aromatic rings. The number of hydrogen-bond acceptors (Lipinski definition) is 6. The van der Waals surface area contributed by atoms with Gasteiger partial charge in [0, 0.05) is 25.7 Å². The molecule has 45 heavy (non-hydrogen) atoms. The van der Waals surface area contributed by atoms with Crippen molar-refractivity contribution in [2.75, 3.05) is 19.6 Å². The van der Waals surface area contributed by atoms with Gasteiger partial charge in [-0.05, 0) is 62.0 Å². The maximum Gasteiger partial charge on any atom is 0.317 e. The van der Waals surface area contributed by atoms with E-state index >= 15 is 0 Å². The summed E-state index contributed by atoms with van der Waals surface area (Å²) in [6.07, 6.45) is 0. The SMILES string of the molecule is CC(CN(CC(=O)O)Cc1cc(C(C)(C)C)c(O)c(C(C)(C)C)c1)N(CC(=O)O)Cc1cc(C(C)(C)C)c(O)c(C(C)(C)C)c1. The summed E-state index contributed by atoms with van der Waals surface area (Å²) in [7, 11) is 0. The van der Waals surface area contributed by atoms with Gasteiger partial charge in [-0.25, -0.2) is 0 Å². The van der Waals surface area contributed by atoms with Gasteiger partial charge >= 0.3 is 11.9 Å². The van der Waals surface area contributed by atoms with Crippen molar-refractivity contribution in [1.82, 2.24) is 9.80 Å². The number of nitrogens with zero attached hydrogens (tertiary/aromatic N) is 2. The number of hydrogen-bond donors (Lipinski definition) is 4. The molecule has 0 radical (unpaired) electrons. The third-order valence-electron chi connectivity index (χ3n) is 8.21. The summed E-state index contributed by atoms with van der Waals surface area (Å²) >= 11 is 0. The molecule has 1 unspecified atom stereocenters. The fourth-order valence-corrected chi connectivity index (χ4v) is 5.76. The van der Waals surface area contributed by atoms with Gasteiger partial charge in [0.05, 0.1) is 13.1 Å². The van der Waals surface area contributed by atoms with Crippen molar-refractivity contribution in [1.29, 1.82) is 0 Å². The summed E-state index contributed by atoms with van der Waals surface area (Å²) < 4.78 is 0. The molecule has 1 atom stereocenters. The zero-order valence-electron chi connectivity index (χ0n) is 29.9. The summed E-state index contributed by atoms with van der Waals surface area (Å²) in [5, 5.41) is 42.1. The Morgan fingerprint density at radius 1 is 0.600 bits per heavy atom. The number of rotatable bonds is 11. The van der Waals surface area contributed by atoms with Gasteiger partial charge in [-0.15, -0.1) is 0 Å². The molecule has 0 fully saturated rings. The van der Waals surface area contributed by atoms with Gasteiger partial charge in [0.1, 0.15) is 11.5 Å². The van der Waals surface area contributed by atoms with E-state index in [2.05, 4.69) is 0 Å². The van der Waals surface area contributed by atoms with Gasteiger partial charge in [0.15, 0.2) is 0 Å². The Morgan fingerprint density at radius 3 is 1.20 bits per heavy atom. The molecule has 0 bridgehead atoms. The Hall–Kier alpha value is -3.10. The summed E-state index contributed by atoms with van der Waals surface area (Å²) in [5.74, 6) is -1.41. The molecular formula is C37H58N2O6. The smallest absolute Gasteiger partial charge is 0.317 e. The fraction of sp³-hybridized carbons (Fsp3) is 0.622. The maximum absolute atomic E-state index is 12.0. The molecule has 0 saturated heterocycles. The van der Waals surface area contributed by atoms with Crippen LogP contribution in [0, 0.1) is 0 Å². The molecule has 0 aromatic heterocycles. The molecule has 252 valence electrons. The van der Waals surface area contributed by atoms with Crippen molar-refractivity contribution >= 4 is 11.9 Å². The molecule has 2 rings (SSSR count). The predicted molar refractivity (Wildman–Crippen MR) is 181 cm³/mol.